The number of carbonyl (C=O) groups excluding carboxylic acids is 2. The van der Waals surface area contributed by atoms with E-state index in [4.69, 9.17) is 4.74 Å². The summed E-state index contributed by atoms with van der Waals surface area (Å²) in [6.07, 6.45) is 1.69. The number of methoxy groups -OCH3 is 1. The van der Waals surface area contributed by atoms with Gasteiger partial charge in [0.05, 0.1) is 13.2 Å². The van der Waals surface area contributed by atoms with Gasteiger partial charge in [-0.1, -0.05) is 6.07 Å². The summed E-state index contributed by atoms with van der Waals surface area (Å²) in [5.41, 5.74) is 0.376. The van der Waals surface area contributed by atoms with Crippen molar-refractivity contribution in [1.29, 1.82) is 0 Å². The van der Waals surface area contributed by atoms with Crippen molar-refractivity contribution in [3.05, 3.63) is 23.9 Å². The molecule has 2 saturated heterocycles. The number of aromatic nitrogens is 1. The van der Waals surface area contributed by atoms with Crippen molar-refractivity contribution in [3.8, 4) is 5.88 Å². The van der Waals surface area contributed by atoms with Crippen molar-refractivity contribution in [1.82, 2.24) is 15.2 Å². The van der Waals surface area contributed by atoms with Crippen LogP contribution in [0.3, 0.4) is 0 Å². The number of amides is 1. The largest absolute Gasteiger partial charge is 0.481 e. The van der Waals surface area contributed by atoms with E-state index in [1.165, 1.54) is 7.11 Å². The summed E-state index contributed by atoms with van der Waals surface area (Å²) in [5.74, 6) is 0.562. The SMILES string of the molecule is COc1cccc(C(=O)N2C3CCNCC2CC(=O)C3)n1. The van der Waals surface area contributed by atoms with Gasteiger partial charge in [0.2, 0.25) is 5.88 Å². The van der Waals surface area contributed by atoms with Crippen LogP contribution in [0.25, 0.3) is 0 Å². The molecule has 2 aliphatic rings. The van der Waals surface area contributed by atoms with Crippen LogP contribution in [-0.4, -0.2) is 53.9 Å². The first kappa shape index (κ1) is 14.0. The lowest BCUT2D eigenvalue weighted by Gasteiger charge is -2.39. The van der Waals surface area contributed by atoms with Gasteiger partial charge in [0, 0.05) is 31.5 Å². The molecule has 2 atom stereocenters. The van der Waals surface area contributed by atoms with Crippen LogP contribution in [0.15, 0.2) is 18.2 Å². The van der Waals surface area contributed by atoms with Gasteiger partial charge < -0.3 is 15.0 Å². The molecule has 2 bridgehead atoms. The average Bonchev–Trinajstić information content (AvgIpc) is 2.63. The van der Waals surface area contributed by atoms with Gasteiger partial charge >= 0.3 is 0 Å². The number of pyridine rings is 1. The molecule has 1 N–H and O–H groups in total. The van der Waals surface area contributed by atoms with Gasteiger partial charge in [0.25, 0.3) is 5.91 Å². The van der Waals surface area contributed by atoms with Crippen molar-refractivity contribution in [3.63, 3.8) is 0 Å². The molecule has 0 spiro atoms. The highest BCUT2D eigenvalue weighted by Gasteiger charge is 2.39. The molecule has 0 radical (unpaired) electrons. The van der Waals surface area contributed by atoms with E-state index in [1.54, 1.807) is 18.2 Å². The number of piperidine rings is 1. The number of nitrogens with one attached hydrogen (secondary N) is 1. The average molecular weight is 289 g/mol. The molecule has 112 valence electrons. The summed E-state index contributed by atoms with van der Waals surface area (Å²) in [6.45, 7) is 1.50. The molecule has 2 fully saturated rings. The number of rotatable bonds is 2. The van der Waals surface area contributed by atoms with E-state index in [9.17, 15) is 9.59 Å². The van der Waals surface area contributed by atoms with Crippen molar-refractivity contribution in [2.24, 2.45) is 0 Å². The van der Waals surface area contributed by atoms with Crippen LogP contribution in [-0.2, 0) is 4.79 Å². The molecule has 1 amide bonds. The van der Waals surface area contributed by atoms with Crippen molar-refractivity contribution in [2.75, 3.05) is 20.2 Å². The highest BCUT2D eigenvalue weighted by atomic mass is 16.5. The van der Waals surface area contributed by atoms with Crippen LogP contribution in [0, 0.1) is 0 Å². The lowest BCUT2D eigenvalue weighted by atomic mass is 9.93. The fraction of sp³-hybridized carbons (Fsp3) is 0.533. The molecule has 6 heteroatoms. The molecule has 3 rings (SSSR count). The summed E-state index contributed by atoms with van der Waals surface area (Å²) in [4.78, 5) is 30.7. The van der Waals surface area contributed by atoms with E-state index in [0.717, 1.165) is 13.0 Å². The van der Waals surface area contributed by atoms with Crippen LogP contribution in [0.2, 0.25) is 0 Å². The van der Waals surface area contributed by atoms with Crippen molar-refractivity contribution < 1.29 is 14.3 Å². The molecule has 2 aliphatic heterocycles. The Morgan fingerprint density at radius 1 is 1.38 bits per heavy atom. The standard InChI is InChI=1S/C15H19N3O3/c1-21-14-4-2-3-13(17-14)15(20)18-10-5-6-16-9-11(18)8-12(19)7-10/h2-4,10-11,16H,5-9H2,1H3. The molecule has 6 nitrogen and oxygen atoms in total. The molecular weight excluding hydrogens is 270 g/mol. The third kappa shape index (κ3) is 2.76. The maximum absolute atomic E-state index is 12.8. The van der Waals surface area contributed by atoms with Gasteiger partial charge in [-0.3, -0.25) is 9.59 Å². The second-order valence-corrected chi connectivity index (χ2v) is 5.52. The van der Waals surface area contributed by atoms with Gasteiger partial charge in [-0.25, -0.2) is 4.98 Å². The Kier molecular flexibility index (Phi) is 3.88. The van der Waals surface area contributed by atoms with E-state index in [-0.39, 0.29) is 23.8 Å². The fourth-order valence-corrected chi connectivity index (χ4v) is 3.16. The Hall–Kier alpha value is -1.95. The first-order chi connectivity index (χ1) is 10.2. The zero-order valence-corrected chi connectivity index (χ0v) is 12.0. The highest BCUT2D eigenvalue weighted by Crippen LogP contribution is 2.26. The number of Topliss-reactive ketones (excluding diaryl/α,β-unsaturated/α-hetero) is 1. The molecule has 1 aromatic rings. The number of fused-ring (bicyclic) bond motifs is 2. The van der Waals surface area contributed by atoms with Gasteiger partial charge in [0.15, 0.2) is 0 Å². The molecule has 3 heterocycles. The zero-order valence-electron chi connectivity index (χ0n) is 12.0. The summed E-state index contributed by atoms with van der Waals surface area (Å²) in [7, 11) is 1.53. The molecular formula is C15H19N3O3. The smallest absolute Gasteiger partial charge is 0.273 e. The summed E-state index contributed by atoms with van der Waals surface area (Å²) in [6, 6.07) is 5.08. The number of nitrogens with zero attached hydrogens (tertiary/aromatic N) is 2. The quantitative estimate of drug-likeness (QED) is 0.864. The van der Waals surface area contributed by atoms with E-state index < -0.39 is 0 Å². The maximum atomic E-state index is 12.8. The maximum Gasteiger partial charge on any atom is 0.273 e. The minimum atomic E-state index is -0.111. The van der Waals surface area contributed by atoms with Crippen LogP contribution in [0.1, 0.15) is 29.8 Å². The van der Waals surface area contributed by atoms with E-state index >= 15 is 0 Å². The van der Waals surface area contributed by atoms with Crippen LogP contribution in [0.4, 0.5) is 0 Å². The predicted octanol–water partition coefficient (Wildman–Crippen LogP) is 0.626. The highest BCUT2D eigenvalue weighted by molar-refractivity contribution is 5.94. The molecule has 0 aliphatic carbocycles. The van der Waals surface area contributed by atoms with Gasteiger partial charge in [-0.2, -0.15) is 0 Å². The second-order valence-electron chi connectivity index (χ2n) is 5.52. The number of hydrogen-bond donors (Lipinski definition) is 1. The lowest BCUT2D eigenvalue weighted by Crippen LogP contribution is -2.53. The Bertz CT molecular complexity index is 543. The Morgan fingerprint density at radius 3 is 3.00 bits per heavy atom. The van der Waals surface area contributed by atoms with Gasteiger partial charge in [0.1, 0.15) is 11.5 Å². The van der Waals surface area contributed by atoms with Gasteiger partial charge in [-0.15, -0.1) is 0 Å². The minimum Gasteiger partial charge on any atom is -0.481 e. The summed E-state index contributed by atoms with van der Waals surface area (Å²) >= 11 is 0. The normalized spacial score (nSPS) is 25.4. The summed E-state index contributed by atoms with van der Waals surface area (Å²) < 4.78 is 5.08. The number of ketones is 1. The van der Waals surface area contributed by atoms with Gasteiger partial charge in [-0.05, 0) is 19.0 Å². The molecule has 0 saturated carbocycles. The minimum absolute atomic E-state index is 0.0215. The third-order valence-corrected chi connectivity index (χ3v) is 4.13. The Balaban J connectivity index is 1.89. The monoisotopic (exact) mass is 289 g/mol. The van der Waals surface area contributed by atoms with Crippen molar-refractivity contribution >= 4 is 11.7 Å². The fourth-order valence-electron chi connectivity index (χ4n) is 3.16. The van der Waals surface area contributed by atoms with Crippen molar-refractivity contribution in [2.45, 2.75) is 31.3 Å². The lowest BCUT2D eigenvalue weighted by molar-refractivity contribution is -0.123. The third-order valence-electron chi connectivity index (χ3n) is 4.13. The summed E-state index contributed by atoms with van der Waals surface area (Å²) in [5, 5.41) is 3.31. The molecule has 0 aromatic carbocycles. The zero-order chi connectivity index (χ0) is 14.8. The van der Waals surface area contributed by atoms with E-state index in [0.29, 0.717) is 31.0 Å². The number of hydrogen-bond acceptors (Lipinski definition) is 5. The first-order valence-electron chi connectivity index (χ1n) is 7.25. The van der Waals surface area contributed by atoms with Crippen LogP contribution >= 0.6 is 0 Å². The first-order valence-corrected chi connectivity index (χ1v) is 7.25. The Morgan fingerprint density at radius 2 is 2.19 bits per heavy atom. The molecule has 21 heavy (non-hydrogen) atoms. The van der Waals surface area contributed by atoms with E-state index in [2.05, 4.69) is 10.3 Å². The van der Waals surface area contributed by atoms with E-state index in [1.807, 2.05) is 4.90 Å². The van der Waals surface area contributed by atoms with Crippen LogP contribution in [0.5, 0.6) is 5.88 Å². The Labute approximate surface area is 123 Å². The van der Waals surface area contributed by atoms with Crippen LogP contribution < -0.4 is 10.1 Å². The number of carbonyl (C=O) groups is 2. The predicted molar refractivity (Wildman–Crippen MR) is 76.3 cm³/mol. The molecule has 2 unspecified atom stereocenters. The second kappa shape index (κ2) is 5.81. The number of ether oxygens (including phenoxy) is 1. The topological polar surface area (TPSA) is 71.5 Å². The molecule has 1 aromatic heterocycles.